The number of Topliss-reactive ketones (excluding diaryl/α,β-unsaturated/α-hetero) is 1. The molecule has 19 nitrogen and oxygen atoms in total. The van der Waals surface area contributed by atoms with Gasteiger partial charge in [0.25, 0.3) is 11.7 Å². The van der Waals surface area contributed by atoms with Crippen molar-refractivity contribution < 1.29 is 58.2 Å². The van der Waals surface area contributed by atoms with E-state index in [2.05, 4.69) is 38.9 Å². The third-order valence-electron chi connectivity index (χ3n) is 15.5. The number of phenols is 2. The molecule has 19 heteroatoms. The number of nitrogens with one attached hydrogen (secondary N) is 1. The predicted octanol–water partition coefficient (Wildman–Crippen LogP) is 5.44. The van der Waals surface area contributed by atoms with Crippen molar-refractivity contribution in [1.82, 2.24) is 19.7 Å². The van der Waals surface area contributed by atoms with Crippen LogP contribution in [0.15, 0.2) is 56.8 Å². The molecule has 6 aliphatic heterocycles. The molecule has 6 aliphatic rings. The molecule has 2 amide bonds. The van der Waals surface area contributed by atoms with Crippen molar-refractivity contribution in [2.45, 2.75) is 124 Å². The van der Waals surface area contributed by atoms with Gasteiger partial charge in [0.05, 0.1) is 46.9 Å². The zero-order chi connectivity index (χ0) is 52.8. The van der Waals surface area contributed by atoms with Gasteiger partial charge in [-0.1, -0.05) is 59.8 Å². The fourth-order valence-corrected chi connectivity index (χ4v) is 11.0. The van der Waals surface area contributed by atoms with Crippen molar-refractivity contribution in [2.24, 2.45) is 39.6 Å². The zero-order valence-electron chi connectivity index (χ0n) is 44.0. The van der Waals surface area contributed by atoms with E-state index in [-0.39, 0.29) is 49.7 Å². The largest absolute Gasteiger partial charge is 0.507 e. The highest BCUT2D eigenvalue weighted by Gasteiger charge is 2.51. The van der Waals surface area contributed by atoms with Crippen molar-refractivity contribution >= 4 is 34.2 Å². The molecule has 396 valence electrons. The van der Waals surface area contributed by atoms with Gasteiger partial charge in [0.15, 0.2) is 11.6 Å². The number of aromatic hydroxyl groups is 2. The number of oxazole rings is 1. The number of phenolic OH excluding ortho intramolecular Hbond substituents is 2. The molecule has 2 saturated heterocycles. The van der Waals surface area contributed by atoms with Crippen LogP contribution >= 0.6 is 0 Å². The Morgan fingerprint density at radius 2 is 1.60 bits per heavy atom. The normalized spacial score (nSPS) is 30.8. The van der Waals surface area contributed by atoms with Gasteiger partial charge in [0.2, 0.25) is 0 Å². The lowest BCUT2D eigenvalue weighted by atomic mass is 9.78. The SMILES string of the molecule is CO[C@H]1/C=C/O[C@@]2(C)Oc3c(C)c(O)c4c(O)c(c5c(c4c3C2=O)NC2(CCN(CC(C)C)CC2)N=5)=NC(=O)/C(C)=C\C=C\[C@H](C)[C@H](O)[C@@H](C)[C@@H](O)[C@@H](C)[C@H](OC(=O)N2CCN(Cc3coc(C)n3)CC2)[C@@H]1C. The quantitative estimate of drug-likeness (QED) is 0.193. The number of hydrogen-bond acceptors (Lipinski definition) is 17. The fourth-order valence-electron chi connectivity index (χ4n) is 11.0. The number of rotatable bonds is 6. The summed E-state index contributed by atoms with van der Waals surface area (Å²) in [6, 6.07) is 0. The Labute approximate surface area is 426 Å². The van der Waals surface area contributed by atoms with Gasteiger partial charge in [-0.25, -0.2) is 14.8 Å². The summed E-state index contributed by atoms with van der Waals surface area (Å²) in [4.78, 5) is 63.3. The van der Waals surface area contributed by atoms with Crippen LogP contribution in [0.25, 0.3) is 10.8 Å². The van der Waals surface area contributed by atoms with Gasteiger partial charge >= 0.3 is 11.9 Å². The van der Waals surface area contributed by atoms with Crippen LogP contribution in [-0.4, -0.2) is 147 Å². The molecule has 0 aliphatic carbocycles. The number of fused-ring (bicyclic) bond motifs is 13. The molecule has 9 rings (SSSR count). The first kappa shape index (κ1) is 53.4. The average molecular weight is 1010 g/mol. The van der Waals surface area contributed by atoms with Crippen molar-refractivity contribution in [3.05, 3.63) is 75.8 Å². The van der Waals surface area contributed by atoms with Gasteiger partial charge in [0.1, 0.15) is 40.2 Å². The Kier molecular flexibility index (Phi) is 15.5. The fraction of sp³-hybridized carbons (Fsp3) is 0.593. The Hall–Kier alpha value is -5.86. The van der Waals surface area contributed by atoms with Crippen LogP contribution in [0.4, 0.5) is 10.5 Å². The summed E-state index contributed by atoms with van der Waals surface area (Å²) in [5, 5.41) is 51.6. The van der Waals surface area contributed by atoms with Gasteiger partial charge in [0, 0.05) is 126 Å². The number of aliphatic hydroxyl groups is 2. The smallest absolute Gasteiger partial charge is 0.410 e. The van der Waals surface area contributed by atoms with E-state index in [1.165, 1.54) is 20.3 Å². The summed E-state index contributed by atoms with van der Waals surface area (Å²) in [5.74, 6) is -5.73. The summed E-state index contributed by atoms with van der Waals surface area (Å²) in [6.45, 7) is 22.6. The van der Waals surface area contributed by atoms with Crippen LogP contribution < -0.4 is 20.8 Å². The highest BCUT2D eigenvalue weighted by atomic mass is 16.7. The minimum Gasteiger partial charge on any atom is -0.507 e. The molecule has 2 fully saturated rings. The molecule has 9 atom stereocenters. The van der Waals surface area contributed by atoms with Crippen LogP contribution in [0.3, 0.4) is 0 Å². The number of ether oxygens (including phenoxy) is 4. The van der Waals surface area contributed by atoms with Crippen LogP contribution in [0, 0.1) is 43.4 Å². The molecule has 1 spiro atoms. The molecule has 73 heavy (non-hydrogen) atoms. The minimum absolute atomic E-state index is 0.0456. The van der Waals surface area contributed by atoms with E-state index in [1.807, 2.05) is 6.92 Å². The second-order valence-corrected chi connectivity index (χ2v) is 21.4. The summed E-state index contributed by atoms with van der Waals surface area (Å²) in [5.41, 5.74) is 0.644. The second kappa shape index (κ2) is 21.2. The number of carbonyl (C=O) groups is 3. The number of aliphatic hydroxyl groups excluding tert-OH is 2. The number of likely N-dealkylation sites (tertiary alicyclic amines) is 1. The number of piperidine rings is 1. The number of aryl methyl sites for hydroxylation is 1. The Morgan fingerprint density at radius 3 is 2.25 bits per heavy atom. The molecular weight excluding hydrogens is 939 g/mol. The highest BCUT2D eigenvalue weighted by molar-refractivity contribution is 6.21. The first-order valence-corrected chi connectivity index (χ1v) is 25.6. The third kappa shape index (κ3) is 10.5. The molecule has 7 heterocycles. The average Bonchev–Trinajstić information content (AvgIpc) is 4.03. The zero-order valence-corrected chi connectivity index (χ0v) is 44.0. The summed E-state index contributed by atoms with van der Waals surface area (Å²) in [6.07, 6.45) is 5.93. The number of anilines is 1. The van der Waals surface area contributed by atoms with Crippen LogP contribution in [-0.2, 0) is 25.5 Å². The number of methoxy groups -OCH3 is 1. The number of benzene rings is 2. The van der Waals surface area contributed by atoms with E-state index in [1.54, 1.807) is 77.0 Å². The van der Waals surface area contributed by atoms with E-state index < -0.39 is 83.1 Å². The van der Waals surface area contributed by atoms with E-state index in [0.717, 1.165) is 12.2 Å². The predicted molar refractivity (Wildman–Crippen MR) is 271 cm³/mol. The molecule has 0 saturated carbocycles. The lowest BCUT2D eigenvalue weighted by Gasteiger charge is -2.40. The van der Waals surface area contributed by atoms with Crippen molar-refractivity contribution in [3.63, 3.8) is 0 Å². The van der Waals surface area contributed by atoms with E-state index in [4.69, 9.17) is 28.4 Å². The van der Waals surface area contributed by atoms with E-state index in [0.29, 0.717) is 76.2 Å². The monoisotopic (exact) mass is 1010 g/mol. The van der Waals surface area contributed by atoms with Crippen LogP contribution in [0.5, 0.6) is 17.2 Å². The number of piperazine rings is 1. The molecule has 0 radical (unpaired) electrons. The molecule has 1 aromatic heterocycles. The molecule has 0 unspecified atom stereocenters. The molecule has 3 aromatic rings. The van der Waals surface area contributed by atoms with Gasteiger partial charge in [-0.2, -0.15) is 0 Å². The Balaban J connectivity index is 1.17. The van der Waals surface area contributed by atoms with Crippen LogP contribution in [0.2, 0.25) is 0 Å². The van der Waals surface area contributed by atoms with Crippen molar-refractivity contribution in [1.29, 1.82) is 0 Å². The number of ketones is 1. The van der Waals surface area contributed by atoms with Gasteiger partial charge < -0.3 is 58.9 Å². The standard InChI is InChI=1S/C54H73N7O12/c1-28(2)25-59-18-16-54(17-19-59)57-41-38-39-46(64)34(8)49-40(38)50(66)53(10,73-49)71-24-15-37(69-11)31(5)48(72-52(68)61-22-20-60(21-23-61)26-36-27-70-35(9)55-36)33(7)45(63)32(6)44(62)29(3)13-12-14-30(4)51(67)56-43(47(39)65)42(41)58-54/h12-15,24,27-29,31-33,37,44-45,48,57,62-65H,16-23,25-26H2,1-11H3/b13-12+,24-15+,30-14-,56-43?/t29-,31+,32+,33+,37-,44-,45+,48+,53-/m0/s1. The number of aromatic nitrogens is 1. The minimum atomic E-state index is -1.99. The molecule has 5 bridgehead atoms. The summed E-state index contributed by atoms with van der Waals surface area (Å²) in [7, 11) is 1.49. The van der Waals surface area contributed by atoms with Crippen LogP contribution in [0.1, 0.15) is 95.7 Å². The maximum atomic E-state index is 15.0. The molecule has 2 aromatic carbocycles. The molecular formula is C54H73N7O12. The van der Waals surface area contributed by atoms with E-state index in [9.17, 15) is 34.8 Å². The maximum Gasteiger partial charge on any atom is 0.410 e. The van der Waals surface area contributed by atoms with Gasteiger partial charge in [-0.3, -0.25) is 19.5 Å². The number of nitrogens with zero attached hydrogens (tertiary/aromatic N) is 6. The van der Waals surface area contributed by atoms with Gasteiger partial charge in [-0.05, 0) is 25.8 Å². The Morgan fingerprint density at radius 1 is 0.904 bits per heavy atom. The summed E-state index contributed by atoms with van der Waals surface area (Å²) < 4.78 is 30.3. The van der Waals surface area contributed by atoms with Crippen molar-refractivity contribution in [2.75, 3.05) is 58.2 Å². The first-order chi connectivity index (χ1) is 34.6. The lowest BCUT2D eigenvalue weighted by Crippen LogP contribution is -2.52. The Bertz CT molecular complexity index is 2830. The number of amides is 2. The van der Waals surface area contributed by atoms with Crippen molar-refractivity contribution in [3.8, 4) is 17.2 Å². The second-order valence-electron chi connectivity index (χ2n) is 21.4. The summed E-state index contributed by atoms with van der Waals surface area (Å²) >= 11 is 0. The topological polar surface area (TPSA) is 242 Å². The maximum absolute atomic E-state index is 15.0. The van der Waals surface area contributed by atoms with Gasteiger partial charge in [-0.15, -0.1) is 0 Å². The number of hydrogen-bond donors (Lipinski definition) is 5. The lowest BCUT2D eigenvalue weighted by molar-refractivity contribution is -0.114. The van der Waals surface area contributed by atoms with E-state index >= 15 is 0 Å². The number of allylic oxidation sites excluding steroid dienone is 2. The highest BCUT2D eigenvalue weighted by Crippen LogP contribution is 2.51. The molecule has 5 N–H and O–H groups in total. The third-order valence-corrected chi connectivity index (χ3v) is 15.5. The first-order valence-electron chi connectivity index (χ1n) is 25.6. The number of carbonyl (C=O) groups excluding carboxylic acids is 3.